The van der Waals surface area contributed by atoms with E-state index in [2.05, 4.69) is 31.9 Å². The Morgan fingerprint density at radius 3 is 2.53 bits per heavy atom. The fraction of sp³-hybridized carbons (Fsp3) is 0.0833. The van der Waals surface area contributed by atoms with E-state index in [1.165, 1.54) is 0 Å². The quantitative estimate of drug-likeness (QED) is 0.701. The van der Waals surface area contributed by atoms with Gasteiger partial charge in [-0.1, -0.05) is 50.1 Å². The molecule has 2 aromatic rings. The number of hydrogen-bond acceptors (Lipinski definition) is 1. The van der Waals surface area contributed by atoms with Crippen LogP contribution in [0.25, 0.3) is 10.8 Å². The molecule has 0 aliphatic rings. The standard InChI is InChI=1S/C12H8Br2O/c1-7(15)9-3-2-4-10-11(9)5-8(13)6-12(10)14/h2-6H,1H3. The molecule has 2 aromatic carbocycles. The smallest absolute Gasteiger partial charge is 0.160 e. The molecule has 1 nitrogen and oxygen atoms in total. The van der Waals surface area contributed by atoms with Crippen molar-refractivity contribution in [2.45, 2.75) is 6.92 Å². The molecule has 0 radical (unpaired) electrons. The summed E-state index contributed by atoms with van der Waals surface area (Å²) in [4.78, 5) is 11.5. The molecule has 0 unspecified atom stereocenters. The molecule has 0 saturated carbocycles. The summed E-state index contributed by atoms with van der Waals surface area (Å²) in [5, 5.41) is 2.04. The van der Waals surface area contributed by atoms with E-state index in [1.54, 1.807) is 6.92 Å². The second-order valence-electron chi connectivity index (χ2n) is 3.34. The van der Waals surface area contributed by atoms with Crippen molar-refractivity contribution in [3.8, 4) is 0 Å². The van der Waals surface area contributed by atoms with Crippen LogP contribution in [0.3, 0.4) is 0 Å². The minimum absolute atomic E-state index is 0.0885. The predicted molar refractivity (Wildman–Crippen MR) is 69.4 cm³/mol. The Morgan fingerprint density at radius 1 is 1.13 bits per heavy atom. The largest absolute Gasteiger partial charge is 0.294 e. The number of fused-ring (bicyclic) bond motifs is 1. The van der Waals surface area contributed by atoms with Gasteiger partial charge in [0.2, 0.25) is 0 Å². The van der Waals surface area contributed by atoms with E-state index in [9.17, 15) is 4.79 Å². The lowest BCUT2D eigenvalue weighted by atomic mass is 10.0. The molecule has 0 fully saturated rings. The van der Waals surface area contributed by atoms with E-state index in [1.807, 2.05) is 30.3 Å². The summed E-state index contributed by atoms with van der Waals surface area (Å²) in [7, 11) is 0. The zero-order valence-electron chi connectivity index (χ0n) is 8.05. The number of rotatable bonds is 1. The van der Waals surface area contributed by atoms with Crippen molar-refractivity contribution >= 4 is 48.4 Å². The third kappa shape index (κ3) is 1.99. The van der Waals surface area contributed by atoms with Gasteiger partial charge in [0, 0.05) is 14.5 Å². The Bertz CT molecular complexity index is 547. The van der Waals surface area contributed by atoms with Crippen molar-refractivity contribution in [3.05, 3.63) is 44.8 Å². The second-order valence-corrected chi connectivity index (χ2v) is 5.11. The fourth-order valence-corrected chi connectivity index (χ4v) is 2.97. The van der Waals surface area contributed by atoms with Crippen molar-refractivity contribution in [1.82, 2.24) is 0 Å². The van der Waals surface area contributed by atoms with Gasteiger partial charge in [-0.05, 0) is 29.8 Å². The number of benzene rings is 2. The molecular formula is C12H8Br2O. The van der Waals surface area contributed by atoms with Crippen LogP contribution in [0.5, 0.6) is 0 Å². The average molecular weight is 328 g/mol. The van der Waals surface area contributed by atoms with E-state index in [0.717, 1.165) is 25.3 Å². The molecule has 0 bridgehead atoms. The molecule has 0 aromatic heterocycles. The van der Waals surface area contributed by atoms with Crippen molar-refractivity contribution in [1.29, 1.82) is 0 Å². The van der Waals surface area contributed by atoms with Gasteiger partial charge in [-0.3, -0.25) is 4.79 Å². The fourth-order valence-electron chi connectivity index (χ4n) is 1.61. The van der Waals surface area contributed by atoms with Gasteiger partial charge in [0.1, 0.15) is 0 Å². The maximum atomic E-state index is 11.5. The van der Waals surface area contributed by atoms with Gasteiger partial charge >= 0.3 is 0 Å². The molecule has 0 N–H and O–H groups in total. The molecule has 0 amide bonds. The van der Waals surface area contributed by atoms with E-state index in [0.29, 0.717) is 0 Å². The zero-order chi connectivity index (χ0) is 11.0. The van der Waals surface area contributed by atoms with Gasteiger partial charge < -0.3 is 0 Å². The van der Waals surface area contributed by atoms with Crippen LogP contribution in [0.4, 0.5) is 0 Å². The van der Waals surface area contributed by atoms with Gasteiger partial charge in [0.15, 0.2) is 5.78 Å². The van der Waals surface area contributed by atoms with Crippen LogP contribution >= 0.6 is 31.9 Å². The van der Waals surface area contributed by atoms with Gasteiger partial charge in [-0.2, -0.15) is 0 Å². The minimum Gasteiger partial charge on any atom is -0.294 e. The number of ketones is 1. The van der Waals surface area contributed by atoms with E-state index in [4.69, 9.17) is 0 Å². The van der Waals surface area contributed by atoms with Crippen molar-refractivity contribution in [2.75, 3.05) is 0 Å². The van der Waals surface area contributed by atoms with Gasteiger partial charge in [0.25, 0.3) is 0 Å². The molecule has 0 aliphatic heterocycles. The van der Waals surface area contributed by atoms with Crippen molar-refractivity contribution in [3.63, 3.8) is 0 Å². The van der Waals surface area contributed by atoms with Crippen LogP contribution in [0.2, 0.25) is 0 Å². The highest BCUT2D eigenvalue weighted by atomic mass is 79.9. The third-order valence-corrected chi connectivity index (χ3v) is 3.40. The summed E-state index contributed by atoms with van der Waals surface area (Å²) in [6.45, 7) is 1.59. The van der Waals surface area contributed by atoms with Gasteiger partial charge in [0.05, 0.1) is 0 Å². The van der Waals surface area contributed by atoms with Crippen LogP contribution in [-0.4, -0.2) is 5.78 Å². The Labute approximate surface area is 105 Å². The molecular weight excluding hydrogens is 320 g/mol. The predicted octanol–water partition coefficient (Wildman–Crippen LogP) is 4.57. The molecule has 3 heteroatoms. The maximum absolute atomic E-state index is 11.5. The molecule has 0 heterocycles. The first-order valence-electron chi connectivity index (χ1n) is 4.48. The summed E-state index contributed by atoms with van der Waals surface area (Å²) < 4.78 is 1.96. The highest BCUT2D eigenvalue weighted by Gasteiger charge is 2.07. The summed E-state index contributed by atoms with van der Waals surface area (Å²) in [6, 6.07) is 9.70. The lowest BCUT2D eigenvalue weighted by molar-refractivity contribution is 0.101. The lowest BCUT2D eigenvalue weighted by Gasteiger charge is -2.05. The molecule has 0 spiro atoms. The Balaban J connectivity index is 2.91. The molecule has 2 rings (SSSR count). The van der Waals surface area contributed by atoms with Crippen LogP contribution in [-0.2, 0) is 0 Å². The first-order chi connectivity index (χ1) is 7.09. The minimum atomic E-state index is 0.0885. The van der Waals surface area contributed by atoms with Crippen LogP contribution in [0.1, 0.15) is 17.3 Å². The Kier molecular flexibility index (Phi) is 2.94. The van der Waals surface area contributed by atoms with Crippen LogP contribution in [0, 0.1) is 0 Å². The van der Waals surface area contributed by atoms with E-state index in [-0.39, 0.29) is 5.78 Å². The van der Waals surface area contributed by atoms with Crippen molar-refractivity contribution < 1.29 is 4.79 Å². The highest BCUT2D eigenvalue weighted by Crippen LogP contribution is 2.30. The average Bonchev–Trinajstić information content (AvgIpc) is 2.16. The SMILES string of the molecule is CC(=O)c1cccc2c(Br)cc(Br)cc12. The highest BCUT2D eigenvalue weighted by molar-refractivity contribution is 9.11. The van der Waals surface area contributed by atoms with Crippen molar-refractivity contribution in [2.24, 2.45) is 0 Å². The number of hydrogen-bond donors (Lipinski definition) is 0. The molecule has 0 atom stereocenters. The number of carbonyl (C=O) groups is 1. The number of halogens is 2. The summed E-state index contributed by atoms with van der Waals surface area (Å²) in [6.07, 6.45) is 0. The molecule has 0 aliphatic carbocycles. The van der Waals surface area contributed by atoms with Crippen LogP contribution in [0.15, 0.2) is 39.3 Å². The molecule has 76 valence electrons. The lowest BCUT2D eigenvalue weighted by Crippen LogP contribution is -1.93. The molecule has 0 saturated heterocycles. The van der Waals surface area contributed by atoms with E-state index >= 15 is 0 Å². The van der Waals surface area contributed by atoms with Gasteiger partial charge in [-0.25, -0.2) is 0 Å². The second kappa shape index (κ2) is 4.06. The first-order valence-corrected chi connectivity index (χ1v) is 6.07. The van der Waals surface area contributed by atoms with Gasteiger partial charge in [-0.15, -0.1) is 0 Å². The Hall–Kier alpha value is -0.670. The van der Waals surface area contributed by atoms with Crippen LogP contribution < -0.4 is 0 Å². The maximum Gasteiger partial charge on any atom is 0.160 e. The summed E-state index contributed by atoms with van der Waals surface area (Å²) in [5.41, 5.74) is 0.759. The third-order valence-electron chi connectivity index (χ3n) is 2.29. The number of Topliss-reactive ketones (excluding diaryl/α,β-unsaturated/α-hetero) is 1. The summed E-state index contributed by atoms with van der Waals surface area (Å²) in [5.74, 6) is 0.0885. The monoisotopic (exact) mass is 326 g/mol. The Morgan fingerprint density at radius 2 is 1.87 bits per heavy atom. The molecule has 15 heavy (non-hydrogen) atoms. The van der Waals surface area contributed by atoms with E-state index < -0.39 is 0 Å². The topological polar surface area (TPSA) is 17.1 Å². The number of carbonyl (C=O) groups excluding carboxylic acids is 1. The first kappa shape index (κ1) is 10.8. The summed E-state index contributed by atoms with van der Waals surface area (Å²) >= 11 is 6.91. The zero-order valence-corrected chi connectivity index (χ0v) is 11.2. The normalized spacial score (nSPS) is 10.6.